The second-order valence-electron chi connectivity index (χ2n) is 7.94. The smallest absolute Gasteiger partial charge is 0.407 e. The summed E-state index contributed by atoms with van der Waals surface area (Å²) in [6.07, 6.45) is 0.516. The number of carbonyl (C=O) groups is 1. The van der Waals surface area contributed by atoms with Gasteiger partial charge in [0.15, 0.2) is 0 Å². The minimum absolute atomic E-state index is 0.153. The van der Waals surface area contributed by atoms with Crippen LogP contribution in [0.2, 0.25) is 0 Å². The van der Waals surface area contributed by atoms with Gasteiger partial charge in [-0.1, -0.05) is 6.58 Å². The molecule has 1 saturated heterocycles. The van der Waals surface area contributed by atoms with Crippen molar-refractivity contribution in [3.05, 3.63) is 65.5 Å². The van der Waals surface area contributed by atoms with Gasteiger partial charge in [0.05, 0.1) is 42.8 Å². The average Bonchev–Trinajstić information content (AvgIpc) is 3.10. The van der Waals surface area contributed by atoms with E-state index in [4.69, 9.17) is 9.47 Å². The number of benzene rings is 1. The second-order valence-corrected chi connectivity index (χ2v) is 7.94. The summed E-state index contributed by atoms with van der Waals surface area (Å²) in [7, 11) is 0. The number of aromatic nitrogens is 2. The van der Waals surface area contributed by atoms with E-state index in [9.17, 15) is 9.90 Å². The summed E-state index contributed by atoms with van der Waals surface area (Å²) < 4.78 is 43.3. The van der Waals surface area contributed by atoms with Crippen molar-refractivity contribution >= 4 is 17.5 Å². The molecule has 1 amide bonds. The Labute approximate surface area is 189 Å². The molecule has 174 valence electrons. The second kappa shape index (κ2) is 9.19. The van der Waals surface area contributed by atoms with Gasteiger partial charge >= 0.3 is 6.09 Å². The van der Waals surface area contributed by atoms with Gasteiger partial charge < -0.3 is 23.9 Å². The van der Waals surface area contributed by atoms with Crippen LogP contribution in [0.25, 0.3) is 22.7 Å². The van der Waals surface area contributed by atoms with Gasteiger partial charge in [0.1, 0.15) is 23.0 Å². The Morgan fingerprint density at radius 3 is 2.73 bits per heavy atom. The number of imidazole rings is 1. The lowest BCUT2D eigenvalue weighted by Gasteiger charge is -2.31. The predicted molar refractivity (Wildman–Crippen MR) is 119 cm³/mol. The number of fused-ring (bicyclic) bond motifs is 1. The molecular weight excluding hydrogens is 432 g/mol. The van der Waals surface area contributed by atoms with Gasteiger partial charge in [-0.15, -0.1) is 0 Å². The molecule has 3 aromatic rings. The van der Waals surface area contributed by atoms with Crippen LogP contribution < -0.4 is 0 Å². The van der Waals surface area contributed by atoms with Gasteiger partial charge in [-0.05, 0) is 43.7 Å². The summed E-state index contributed by atoms with van der Waals surface area (Å²) in [5, 5.41) is 9.34. The van der Waals surface area contributed by atoms with Crippen LogP contribution in [-0.4, -0.2) is 57.9 Å². The number of aryl methyl sites for hydroxylation is 1. The van der Waals surface area contributed by atoms with E-state index in [1.165, 1.54) is 17.0 Å². The number of rotatable bonds is 6. The first kappa shape index (κ1) is 22.7. The summed E-state index contributed by atoms with van der Waals surface area (Å²) in [5.74, 6) is -1.40. The number of ether oxygens (including phenoxy) is 2. The van der Waals surface area contributed by atoms with E-state index in [0.717, 1.165) is 5.56 Å². The minimum atomic E-state index is -1.03. The number of morpholine rings is 1. The minimum Gasteiger partial charge on any atom is -0.494 e. The van der Waals surface area contributed by atoms with Gasteiger partial charge in [0.25, 0.3) is 0 Å². The van der Waals surface area contributed by atoms with E-state index in [1.54, 1.807) is 17.5 Å². The average molecular weight is 457 g/mol. The maximum atomic E-state index is 15.2. The Morgan fingerprint density at radius 2 is 2.06 bits per heavy atom. The van der Waals surface area contributed by atoms with Crippen molar-refractivity contribution in [2.75, 3.05) is 26.3 Å². The SMILES string of the molecule is C=C(OCC)c1cc(F)c(-c2nc3cc(C)ccn3c2CC2CN(C(=O)O)CCO2)c(F)c1. The van der Waals surface area contributed by atoms with Crippen molar-refractivity contribution in [3.63, 3.8) is 0 Å². The molecule has 0 aliphatic carbocycles. The molecule has 0 saturated carbocycles. The summed E-state index contributed by atoms with van der Waals surface area (Å²) in [6.45, 7) is 8.39. The van der Waals surface area contributed by atoms with Crippen molar-refractivity contribution in [3.8, 4) is 11.3 Å². The summed E-state index contributed by atoms with van der Waals surface area (Å²) >= 11 is 0. The molecule has 9 heteroatoms. The summed E-state index contributed by atoms with van der Waals surface area (Å²) in [4.78, 5) is 17.2. The maximum absolute atomic E-state index is 15.2. The van der Waals surface area contributed by atoms with Crippen LogP contribution >= 0.6 is 0 Å². The molecule has 0 bridgehead atoms. The standard InChI is InChI=1S/C24H25F2N3O4/c1-4-32-15(3)16-10-18(25)22(19(26)11-16)23-20(29-6-5-14(2)9-21(29)27-23)12-17-13-28(24(30)31)7-8-33-17/h5-6,9-11,17H,3-4,7-8,12-13H2,1-2H3,(H,30,31). The molecule has 33 heavy (non-hydrogen) atoms. The fourth-order valence-corrected chi connectivity index (χ4v) is 4.04. The highest BCUT2D eigenvalue weighted by molar-refractivity contribution is 5.71. The highest BCUT2D eigenvalue weighted by Crippen LogP contribution is 2.33. The third-order valence-electron chi connectivity index (χ3n) is 5.63. The van der Waals surface area contributed by atoms with Crippen molar-refractivity contribution in [2.24, 2.45) is 0 Å². The largest absolute Gasteiger partial charge is 0.494 e. The molecule has 0 spiro atoms. The van der Waals surface area contributed by atoms with E-state index >= 15 is 8.78 Å². The van der Waals surface area contributed by atoms with E-state index in [2.05, 4.69) is 11.6 Å². The van der Waals surface area contributed by atoms with Crippen LogP contribution in [0.1, 0.15) is 23.7 Å². The lowest BCUT2D eigenvalue weighted by Crippen LogP contribution is -2.45. The first-order valence-electron chi connectivity index (χ1n) is 10.7. The molecule has 3 heterocycles. The number of pyridine rings is 1. The Kier molecular flexibility index (Phi) is 6.33. The van der Waals surface area contributed by atoms with Crippen LogP contribution in [-0.2, 0) is 15.9 Å². The molecule has 1 unspecified atom stereocenters. The van der Waals surface area contributed by atoms with Gasteiger partial charge in [-0.25, -0.2) is 18.6 Å². The van der Waals surface area contributed by atoms with Gasteiger partial charge in [-0.2, -0.15) is 0 Å². The Bertz CT molecular complexity index is 1200. The van der Waals surface area contributed by atoms with Gasteiger partial charge in [0, 0.05) is 24.7 Å². The number of amides is 1. The zero-order chi connectivity index (χ0) is 23.7. The highest BCUT2D eigenvalue weighted by atomic mass is 19.1. The van der Waals surface area contributed by atoms with Crippen molar-refractivity contribution < 1.29 is 28.2 Å². The zero-order valence-corrected chi connectivity index (χ0v) is 18.5. The lowest BCUT2D eigenvalue weighted by molar-refractivity contribution is -0.0214. The van der Waals surface area contributed by atoms with Crippen LogP contribution in [0, 0.1) is 18.6 Å². The third kappa shape index (κ3) is 4.54. The van der Waals surface area contributed by atoms with Gasteiger partial charge in [-0.3, -0.25) is 0 Å². The monoisotopic (exact) mass is 457 g/mol. The molecule has 1 aliphatic heterocycles. The molecular formula is C24H25F2N3O4. The topological polar surface area (TPSA) is 76.3 Å². The molecule has 1 aromatic carbocycles. The fourth-order valence-electron chi connectivity index (χ4n) is 4.04. The van der Waals surface area contributed by atoms with E-state index in [1.807, 2.05) is 19.1 Å². The molecule has 4 rings (SSSR count). The van der Waals surface area contributed by atoms with Gasteiger partial charge in [0.2, 0.25) is 0 Å². The number of carboxylic acid groups (broad SMARTS) is 1. The van der Waals surface area contributed by atoms with Crippen molar-refractivity contribution in [2.45, 2.75) is 26.4 Å². The predicted octanol–water partition coefficient (Wildman–Crippen LogP) is 4.52. The van der Waals surface area contributed by atoms with Crippen LogP contribution in [0.15, 0.2) is 37.0 Å². The molecule has 2 aromatic heterocycles. The Morgan fingerprint density at radius 1 is 1.33 bits per heavy atom. The molecule has 7 nitrogen and oxygen atoms in total. The van der Waals surface area contributed by atoms with Crippen molar-refractivity contribution in [1.29, 1.82) is 0 Å². The van der Waals surface area contributed by atoms with Crippen LogP contribution in [0.4, 0.5) is 13.6 Å². The molecule has 1 N–H and O–H groups in total. The molecule has 1 fully saturated rings. The van der Waals surface area contributed by atoms with E-state index in [0.29, 0.717) is 17.9 Å². The summed E-state index contributed by atoms with van der Waals surface area (Å²) in [6, 6.07) is 6.05. The molecule has 0 radical (unpaired) electrons. The third-order valence-corrected chi connectivity index (χ3v) is 5.63. The van der Waals surface area contributed by atoms with E-state index < -0.39 is 23.8 Å². The molecule has 1 atom stereocenters. The van der Waals surface area contributed by atoms with E-state index in [-0.39, 0.29) is 48.7 Å². The quantitative estimate of drug-likeness (QED) is 0.551. The normalized spacial score (nSPS) is 16.2. The van der Waals surface area contributed by atoms with Crippen LogP contribution in [0.3, 0.4) is 0 Å². The molecule has 1 aliphatic rings. The first-order valence-corrected chi connectivity index (χ1v) is 10.7. The van der Waals surface area contributed by atoms with Crippen molar-refractivity contribution in [1.82, 2.24) is 14.3 Å². The fraction of sp³-hybridized carbons (Fsp3) is 0.333. The highest BCUT2D eigenvalue weighted by Gasteiger charge is 2.28. The Balaban J connectivity index is 1.80. The zero-order valence-electron chi connectivity index (χ0n) is 18.5. The summed E-state index contributed by atoms with van der Waals surface area (Å²) in [5.41, 5.74) is 2.12. The first-order chi connectivity index (χ1) is 15.8. The Hall–Kier alpha value is -3.46. The number of nitrogens with zero attached hydrogens (tertiary/aromatic N) is 3. The van der Waals surface area contributed by atoms with Crippen LogP contribution in [0.5, 0.6) is 0 Å². The number of halogens is 2. The lowest BCUT2D eigenvalue weighted by atomic mass is 10.0. The maximum Gasteiger partial charge on any atom is 0.407 e. The number of hydrogen-bond acceptors (Lipinski definition) is 4. The number of hydrogen-bond donors (Lipinski definition) is 1.